The number of hydrogen-bond acceptors (Lipinski definition) is 3. The van der Waals surface area contributed by atoms with Gasteiger partial charge in [0.25, 0.3) is 0 Å². The molecule has 0 aliphatic heterocycles. The number of carbonyl (C=O) groups is 1. The third-order valence-corrected chi connectivity index (χ3v) is 5.79. The fraction of sp³-hybridized carbons (Fsp3) is 0.562. The highest BCUT2D eigenvalue weighted by atomic mass is 32.1. The molecular formula is C16H21NO2S. The standard InChI is InChI=1S/C16H21NO2S/c1-10-14(11-7-5-4-6-8-11)12-9-13(16(18)19-3)20-15(12)17(10)2/h9,11H,4-8H2,1-3H3. The lowest BCUT2D eigenvalue weighted by molar-refractivity contribution is 0.0606. The zero-order valence-corrected chi connectivity index (χ0v) is 13.2. The lowest BCUT2D eigenvalue weighted by atomic mass is 9.83. The van der Waals surface area contributed by atoms with Gasteiger partial charge in [-0.1, -0.05) is 19.3 Å². The van der Waals surface area contributed by atoms with Crippen LogP contribution in [0.2, 0.25) is 0 Å². The predicted molar refractivity (Wildman–Crippen MR) is 82.7 cm³/mol. The van der Waals surface area contributed by atoms with E-state index in [-0.39, 0.29) is 5.97 Å². The maximum atomic E-state index is 11.7. The van der Waals surface area contributed by atoms with Crippen molar-refractivity contribution in [3.8, 4) is 0 Å². The van der Waals surface area contributed by atoms with Crippen LogP contribution < -0.4 is 0 Å². The lowest BCUT2D eigenvalue weighted by Gasteiger charge is -2.22. The smallest absolute Gasteiger partial charge is 0.348 e. The number of aryl methyl sites for hydroxylation is 1. The van der Waals surface area contributed by atoms with Crippen LogP contribution in [0.15, 0.2) is 6.07 Å². The summed E-state index contributed by atoms with van der Waals surface area (Å²) in [6, 6.07) is 2.03. The summed E-state index contributed by atoms with van der Waals surface area (Å²) in [5, 5.41) is 1.27. The summed E-state index contributed by atoms with van der Waals surface area (Å²) in [5.41, 5.74) is 2.82. The van der Waals surface area contributed by atoms with Crippen molar-refractivity contribution in [2.45, 2.75) is 44.9 Å². The molecular weight excluding hydrogens is 270 g/mol. The monoisotopic (exact) mass is 291 g/mol. The minimum atomic E-state index is -0.224. The Kier molecular flexibility index (Phi) is 3.59. The Balaban J connectivity index is 2.12. The van der Waals surface area contributed by atoms with Crippen LogP contribution in [0.3, 0.4) is 0 Å². The fourth-order valence-corrected chi connectivity index (χ4v) is 4.56. The summed E-state index contributed by atoms with van der Waals surface area (Å²) < 4.78 is 7.09. The van der Waals surface area contributed by atoms with Crippen LogP contribution in [0.25, 0.3) is 10.2 Å². The second-order valence-corrected chi connectivity index (χ2v) is 6.74. The highest BCUT2D eigenvalue weighted by molar-refractivity contribution is 7.20. The molecule has 0 radical (unpaired) electrons. The number of fused-ring (bicyclic) bond motifs is 1. The van der Waals surface area contributed by atoms with Gasteiger partial charge in [0, 0.05) is 18.1 Å². The number of methoxy groups -OCH3 is 1. The molecule has 0 spiro atoms. The average molecular weight is 291 g/mol. The van der Waals surface area contributed by atoms with Gasteiger partial charge in [-0.15, -0.1) is 11.3 Å². The first-order valence-corrected chi connectivity index (χ1v) is 8.12. The molecule has 1 fully saturated rings. The van der Waals surface area contributed by atoms with E-state index in [1.807, 2.05) is 6.07 Å². The van der Waals surface area contributed by atoms with Crippen molar-refractivity contribution < 1.29 is 9.53 Å². The molecule has 108 valence electrons. The topological polar surface area (TPSA) is 31.2 Å². The summed E-state index contributed by atoms with van der Waals surface area (Å²) >= 11 is 1.54. The van der Waals surface area contributed by atoms with Crippen molar-refractivity contribution in [1.29, 1.82) is 0 Å². The van der Waals surface area contributed by atoms with Gasteiger partial charge < -0.3 is 9.30 Å². The van der Waals surface area contributed by atoms with Gasteiger partial charge in [-0.3, -0.25) is 0 Å². The molecule has 1 aliphatic carbocycles. The Morgan fingerprint density at radius 2 is 2.05 bits per heavy atom. The number of hydrogen-bond donors (Lipinski definition) is 0. The van der Waals surface area contributed by atoms with E-state index in [1.54, 1.807) is 11.3 Å². The van der Waals surface area contributed by atoms with Crippen LogP contribution in [0.5, 0.6) is 0 Å². The second-order valence-electron chi connectivity index (χ2n) is 5.71. The van der Waals surface area contributed by atoms with Crippen molar-refractivity contribution >= 4 is 27.5 Å². The first-order valence-electron chi connectivity index (χ1n) is 7.30. The Morgan fingerprint density at radius 1 is 1.35 bits per heavy atom. The number of carbonyl (C=O) groups excluding carboxylic acids is 1. The number of rotatable bonds is 2. The first-order chi connectivity index (χ1) is 9.63. The van der Waals surface area contributed by atoms with Gasteiger partial charge in [-0.05, 0) is 37.3 Å². The molecule has 0 N–H and O–H groups in total. The predicted octanol–water partition coefficient (Wildman–Crippen LogP) is 4.38. The molecule has 3 rings (SSSR count). The molecule has 0 amide bonds. The van der Waals surface area contributed by atoms with E-state index in [4.69, 9.17) is 4.74 Å². The Morgan fingerprint density at radius 3 is 2.70 bits per heavy atom. The van der Waals surface area contributed by atoms with Crippen LogP contribution in [-0.4, -0.2) is 17.6 Å². The van der Waals surface area contributed by atoms with E-state index in [0.29, 0.717) is 10.8 Å². The van der Waals surface area contributed by atoms with Crippen molar-refractivity contribution in [1.82, 2.24) is 4.57 Å². The number of esters is 1. The van der Waals surface area contributed by atoms with Crippen LogP contribution in [0.1, 0.15) is 59.0 Å². The number of thiophene rings is 1. The summed E-state index contributed by atoms with van der Waals surface area (Å²) in [5.74, 6) is 0.436. The molecule has 0 aromatic carbocycles. The highest BCUT2D eigenvalue weighted by Crippen LogP contribution is 2.42. The summed E-state index contributed by atoms with van der Waals surface area (Å²) in [4.78, 5) is 13.7. The quantitative estimate of drug-likeness (QED) is 0.769. The molecule has 0 bridgehead atoms. The molecule has 2 heterocycles. The maximum Gasteiger partial charge on any atom is 0.348 e. The number of nitrogens with zero attached hydrogens (tertiary/aromatic N) is 1. The third-order valence-electron chi connectivity index (χ3n) is 4.60. The number of aromatic nitrogens is 1. The van der Waals surface area contributed by atoms with E-state index >= 15 is 0 Å². The average Bonchev–Trinajstić information content (AvgIpc) is 2.99. The molecule has 2 aromatic rings. The van der Waals surface area contributed by atoms with Crippen LogP contribution >= 0.6 is 11.3 Å². The molecule has 0 atom stereocenters. The van der Waals surface area contributed by atoms with Crippen LogP contribution in [-0.2, 0) is 11.8 Å². The van der Waals surface area contributed by atoms with E-state index in [1.165, 1.54) is 60.7 Å². The van der Waals surface area contributed by atoms with Gasteiger partial charge in [-0.25, -0.2) is 4.79 Å². The molecule has 0 saturated heterocycles. The minimum Gasteiger partial charge on any atom is -0.465 e. The molecule has 20 heavy (non-hydrogen) atoms. The first kappa shape index (κ1) is 13.7. The lowest BCUT2D eigenvalue weighted by Crippen LogP contribution is -2.06. The van der Waals surface area contributed by atoms with Crippen LogP contribution in [0, 0.1) is 6.92 Å². The molecule has 4 heteroatoms. The zero-order chi connectivity index (χ0) is 14.3. The highest BCUT2D eigenvalue weighted by Gasteiger charge is 2.25. The summed E-state index contributed by atoms with van der Waals surface area (Å²) in [6.45, 7) is 2.20. The normalized spacial score (nSPS) is 16.8. The zero-order valence-electron chi connectivity index (χ0n) is 12.4. The van der Waals surface area contributed by atoms with E-state index < -0.39 is 0 Å². The summed E-state index contributed by atoms with van der Waals surface area (Å²) in [6.07, 6.45) is 6.58. The third kappa shape index (κ3) is 2.06. The SMILES string of the molecule is COC(=O)c1cc2c(C3CCCCC3)c(C)n(C)c2s1. The fourth-order valence-electron chi connectivity index (χ4n) is 3.46. The van der Waals surface area contributed by atoms with Gasteiger partial charge in [0.2, 0.25) is 0 Å². The van der Waals surface area contributed by atoms with E-state index in [0.717, 1.165) is 0 Å². The van der Waals surface area contributed by atoms with Crippen molar-refractivity contribution in [2.75, 3.05) is 7.11 Å². The second kappa shape index (κ2) is 5.24. The van der Waals surface area contributed by atoms with Crippen molar-refractivity contribution in [3.63, 3.8) is 0 Å². The van der Waals surface area contributed by atoms with E-state index in [2.05, 4.69) is 18.5 Å². The minimum absolute atomic E-state index is 0.224. The van der Waals surface area contributed by atoms with Crippen LogP contribution in [0.4, 0.5) is 0 Å². The molecule has 0 unspecified atom stereocenters. The van der Waals surface area contributed by atoms with E-state index in [9.17, 15) is 4.79 Å². The van der Waals surface area contributed by atoms with Gasteiger partial charge in [-0.2, -0.15) is 0 Å². The van der Waals surface area contributed by atoms with Crippen molar-refractivity contribution in [2.24, 2.45) is 7.05 Å². The van der Waals surface area contributed by atoms with Gasteiger partial charge in [0.15, 0.2) is 0 Å². The van der Waals surface area contributed by atoms with Crippen molar-refractivity contribution in [3.05, 3.63) is 22.2 Å². The molecule has 2 aromatic heterocycles. The Hall–Kier alpha value is -1.29. The Labute approximate surface area is 123 Å². The van der Waals surface area contributed by atoms with Gasteiger partial charge in [0.1, 0.15) is 9.71 Å². The summed E-state index contributed by atoms with van der Waals surface area (Å²) in [7, 11) is 3.54. The van der Waals surface area contributed by atoms with Gasteiger partial charge >= 0.3 is 5.97 Å². The Bertz CT molecular complexity index is 647. The largest absolute Gasteiger partial charge is 0.465 e. The molecule has 3 nitrogen and oxygen atoms in total. The maximum absolute atomic E-state index is 11.7. The molecule has 1 saturated carbocycles. The van der Waals surface area contributed by atoms with Gasteiger partial charge in [0.05, 0.1) is 7.11 Å². The number of ether oxygens (including phenoxy) is 1. The molecule has 1 aliphatic rings.